The van der Waals surface area contributed by atoms with Gasteiger partial charge in [-0.15, -0.1) is 0 Å². The van der Waals surface area contributed by atoms with Crippen molar-refractivity contribution in [2.45, 2.75) is 19.8 Å². The molecule has 0 aliphatic heterocycles. The zero-order chi connectivity index (χ0) is 11.7. The second-order valence-electron chi connectivity index (χ2n) is 3.49. The van der Waals surface area contributed by atoms with Crippen LogP contribution < -0.4 is 5.32 Å². The highest BCUT2D eigenvalue weighted by molar-refractivity contribution is 6.32. The molecule has 0 aromatic rings. The van der Waals surface area contributed by atoms with Gasteiger partial charge in [0.1, 0.15) is 0 Å². The quantitative estimate of drug-likeness (QED) is 0.386. The molecule has 5 nitrogen and oxygen atoms in total. The molecule has 0 aliphatic rings. The molecule has 0 aromatic carbocycles. The third-order valence-corrected chi connectivity index (χ3v) is 1.78. The third-order valence-electron chi connectivity index (χ3n) is 1.78. The normalized spacial score (nSPS) is 10.1. The standard InChI is InChI=1S/C10H20N2O3/c1-4-15-10(14)9(13)11-7-5-6-8-12(2)3/h4-8H2,1-3H3,(H,11,13). The molecule has 5 heteroatoms. The van der Waals surface area contributed by atoms with Crippen LogP contribution in [0, 0.1) is 0 Å². The maximum absolute atomic E-state index is 11.0. The fourth-order valence-electron chi connectivity index (χ4n) is 1.02. The van der Waals surface area contributed by atoms with Gasteiger partial charge in [0.25, 0.3) is 0 Å². The lowest BCUT2D eigenvalue weighted by Crippen LogP contribution is -2.33. The minimum atomic E-state index is -0.801. The van der Waals surface area contributed by atoms with E-state index in [0.717, 1.165) is 19.4 Å². The van der Waals surface area contributed by atoms with Gasteiger partial charge in [0, 0.05) is 6.54 Å². The van der Waals surface area contributed by atoms with Gasteiger partial charge in [-0.2, -0.15) is 0 Å². The summed E-state index contributed by atoms with van der Waals surface area (Å²) in [5.41, 5.74) is 0. The smallest absolute Gasteiger partial charge is 0.396 e. The molecule has 0 spiro atoms. The van der Waals surface area contributed by atoms with Crippen LogP contribution in [0.5, 0.6) is 0 Å². The molecule has 0 bridgehead atoms. The summed E-state index contributed by atoms with van der Waals surface area (Å²) in [5.74, 6) is -1.45. The van der Waals surface area contributed by atoms with Crippen molar-refractivity contribution in [1.82, 2.24) is 10.2 Å². The molecule has 0 saturated heterocycles. The van der Waals surface area contributed by atoms with Crippen molar-refractivity contribution in [2.75, 3.05) is 33.8 Å². The first kappa shape index (κ1) is 13.9. The highest BCUT2D eigenvalue weighted by Gasteiger charge is 2.12. The van der Waals surface area contributed by atoms with E-state index in [1.807, 2.05) is 14.1 Å². The lowest BCUT2D eigenvalue weighted by Gasteiger charge is -2.09. The van der Waals surface area contributed by atoms with E-state index in [9.17, 15) is 9.59 Å². The molecule has 1 N–H and O–H groups in total. The maximum Gasteiger partial charge on any atom is 0.396 e. The number of hydrogen-bond acceptors (Lipinski definition) is 4. The van der Waals surface area contributed by atoms with Gasteiger partial charge in [-0.25, -0.2) is 4.79 Å². The van der Waals surface area contributed by atoms with Gasteiger partial charge in [-0.3, -0.25) is 4.79 Å². The summed E-state index contributed by atoms with van der Waals surface area (Å²) in [6.07, 6.45) is 1.86. The van der Waals surface area contributed by atoms with Gasteiger partial charge in [0.15, 0.2) is 0 Å². The van der Waals surface area contributed by atoms with E-state index in [4.69, 9.17) is 0 Å². The number of ether oxygens (including phenoxy) is 1. The van der Waals surface area contributed by atoms with Crippen molar-refractivity contribution in [3.63, 3.8) is 0 Å². The molecule has 0 rings (SSSR count). The molecule has 0 unspecified atom stereocenters. The van der Waals surface area contributed by atoms with Crippen LogP contribution in [0.4, 0.5) is 0 Å². The molecule has 0 atom stereocenters. The van der Waals surface area contributed by atoms with Crippen molar-refractivity contribution in [3.05, 3.63) is 0 Å². The van der Waals surface area contributed by atoms with E-state index < -0.39 is 11.9 Å². The average Bonchev–Trinajstić information content (AvgIpc) is 2.16. The van der Waals surface area contributed by atoms with Crippen LogP contribution in [0.3, 0.4) is 0 Å². The van der Waals surface area contributed by atoms with Crippen LogP contribution in [-0.4, -0.2) is 50.6 Å². The lowest BCUT2D eigenvalue weighted by molar-refractivity contribution is -0.154. The summed E-state index contributed by atoms with van der Waals surface area (Å²) in [7, 11) is 3.99. The summed E-state index contributed by atoms with van der Waals surface area (Å²) in [6.45, 7) is 3.40. The Kier molecular flexibility index (Phi) is 7.62. The van der Waals surface area contributed by atoms with Crippen molar-refractivity contribution in [2.24, 2.45) is 0 Å². The highest BCUT2D eigenvalue weighted by Crippen LogP contribution is 1.89. The van der Waals surface area contributed by atoms with Gasteiger partial charge >= 0.3 is 11.9 Å². The molecule has 0 heterocycles. The van der Waals surface area contributed by atoms with E-state index in [0.29, 0.717) is 6.54 Å². The van der Waals surface area contributed by atoms with Crippen LogP contribution >= 0.6 is 0 Å². The Morgan fingerprint density at radius 3 is 2.47 bits per heavy atom. The summed E-state index contributed by atoms with van der Waals surface area (Å²) in [4.78, 5) is 24.0. The SMILES string of the molecule is CCOC(=O)C(=O)NCCCCN(C)C. The number of nitrogens with zero attached hydrogens (tertiary/aromatic N) is 1. The van der Waals surface area contributed by atoms with Crippen molar-refractivity contribution in [1.29, 1.82) is 0 Å². The summed E-state index contributed by atoms with van der Waals surface area (Å²) < 4.78 is 4.54. The first-order valence-electron chi connectivity index (χ1n) is 5.17. The van der Waals surface area contributed by atoms with Gasteiger partial charge in [0.05, 0.1) is 6.61 Å². The minimum Gasteiger partial charge on any atom is -0.459 e. The van der Waals surface area contributed by atoms with Crippen molar-refractivity contribution in [3.8, 4) is 0 Å². The Bertz CT molecular complexity index is 205. The Hall–Kier alpha value is -1.10. The van der Waals surface area contributed by atoms with Crippen LogP contribution in [-0.2, 0) is 14.3 Å². The average molecular weight is 216 g/mol. The Morgan fingerprint density at radius 1 is 1.27 bits per heavy atom. The van der Waals surface area contributed by atoms with Crippen LogP contribution in [0.1, 0.15) is 19.8 Å². The van der Waals surface area contributed by atoms with Gasteiger partial charge in [-0.1, -0.05) is 0 Å². The van der Waals surface area contributed by atoms with Crippen LogP contribution in [0.2, 0.25) is 0 Å². The number of unbranched alkanes of at least 4 members (excludes halogenated alkanes) is 1. The largest absolute Gasteiger partial charge is 0.459 e. The molecule has 15 heavy (non-hydrogen) atoms. The van der Waals surface area contributed by atoms with Crippen LogP contribution in [0.15, 0.2) is 0 Å². The Balaban J connectivity index is 3.43. The number of amides is 1. The zero-order valence-electron chi connectivity index (χ0n) is 9.71. The Labute approximate surface area is 90.8 Å². The number of carbonyl (C=O) groups is 2. The fourth-order valence-corrected chi connectivity index (χ4v) is 1.02. The zero-order valence-corrected chi connectivity index (χ0v) is 9.71. The maximum atomic E-state index is 11.0. The number of rotatable bonds is 6. The van der Waals surface area contributed by atoms with E-state index in [2.05, 4.69) is 15.0 Å². The molecule has 0 radical (unpaired) electrons. The second kappa shape index (κ2) is 8.23. The van der Waals surface area contributed by atoms with E-state index in [1.54, 1.807) is 6.92 Å². The monoisotopic (exact) mass is 216 g/mol. The first-order valence-corrected chi connectivity index (χ1v) is 5.17. The van der Waals surface area contributed by atoms with E-state index in [-0.39, 0.29) is 6.61 Å². The first-order chi connectivity index (χ1) is 7.07. The molecular weight excluding hydrogens is 196 g/mol. The summed E-state index contributed by atoms with van der Waals surface area (Å²) in [6, 6.07) is 0. The molecule has 0 aromatic heterocycles. The number of carbonyl (C=O) groups excluding carboxylic acids is 2. The van der Waals surface area contributed by atoms with Gasteiger partial charge in [0.2, 0.25) is 0 Å². The molecular formula is C10H20N2O3. The number of hydrogen-bond donors (Lipinski definition) is 1. The molecule has 88 valence electrons. The molecule has 0 aliphatic carbocycles. The summed E-state index contributed by atoms with van der Waals surface area (Å²) >= 11 is 0. The van der Waals surface area contributed by atoms with E-state index >= 15 is 0 Å². The topological polar surface area (TPSA) is 58.6 Å². The highest BCUT2D eigenvalue weighted by atomic mass is 16.5. The summed E-state index contributed by atoms with van der Waals surface area (Å²) in [5, 5.41) is 2.51. The van der Waals surface area contributed by atoms with Crippen molar-refractivity contribution >= 4 is 11.9 Å². The predicted octanol–water partition coefficient (Wildman–Crippen LogP) is 0.00750. The predicted molar refractivity (Wildman–Crippen MR) is 57.4 cm³/mol. The third kappa shape index (κ3) is 7.93. The minimum absolute atomic E-state index is 0.229. The van der Waals surface area contributed by atoms with Gasteiger partial charge in [-0.05, 0) is 40.4 Å². The number of esters is 1. The van der Waals surface area contributed by atoms with Crippen LogP contribution in [0.25, 0.3) is 0 Å². The van der Waals surface area contributed by atoms with Crippen molar-refractivity contribution < 1.29 is 14.3 Å². The number of nitrogens with one attached hydrogen (secondary N) is 1. The molecule has 0 fully saturated rings. The molecule has 1 amide bonds. The lowest BCUT2D eigenvalue weighted by atomic mass is 10.3. The second-order valence-corrected chi connectivity index (χ2v) is 3.49. The Morgan fingerprint density at radius 2 is 1.93 bits per heavy atom. The fraction of sp³-hybridized carbons (Fsp3) is 0.800. The van der Waals surface area contributed by atoms with Gasteiger partial charge < -0.3 is 15.0 Å². The van der Waals surface area contributed by atoms with E-state index in [1.165, 1.54) is 0 Å². The molecule has 0 saturated carbocycles.